The molecule has 21 rings (SSSR count). The lowest BCUT2D eigenvalue weighted by Crippen LogP contribution is -2.46. The molecule has 0 radical (unpaired) electrons. The second kappa shape index (κ2) is 43.8. The van der Waals surface area contributed by atoms with Crippen molar-refractivity contribution in [2.75, 3.05) is 73.1 Å². The van der Waals surface area contributed by atoms with Gasteiger partial charge in [0.05, 0.1) is 154 Å². The maximum Gasteiger partial charge on any atom is 0.265 e. The van der Waals surface area contributed by atoms with Crippen LogP contribution in [0.15, 0.2) is 183 Å². The summed E-state index contributed by atoms with van der Waals surface area (Å²) in [6, 6.07) is 44.1. The molecular formula is C96H94Cl6N16O13S6. The quantitative estimate of drug-likeness (QED) is 0.0342. The molecule has 2 atom stereocenters. The number of piperazine rings is 1. The number of aliphatic hydroxyl groups is 9. The highest BCUT2D eigenvalue weighted by Gasteiger charge is 2.34. The zero-order valence-corrected chi connectivity index (χ0v) is 84.0. The number of carbonyl (C=O) groups is 3. The Labute approximate surface area is 839 Å². The SMILES string of the molecule is CC(C)(O)c1cn2c(CO)c(-c3ccc(Cl)cc3)nc2s1.CC(O)c1cn2c(CO)c(-c3ccc(Cl)cc3)nc2s1.CCN(C)C(=O)c1cn2c(CO)c(-c3ccc(Cl)cc3)nc2s1.CN1CCN(C(=O)c2cn3c(CO)c(-c4ccc(Cl)cc4)nc3s2)CC1.O=C(c1cn2c(CO)c(-c3ccc(Cl)cc3)nc2s1)N1CCOCC1.OCc1c(-c2ccc(Cl)cc2)nc2sc(C(O)C3CC3)cn12. The van der Waals surface area contributed by atoms with E-state index in [0.717, 1.165) is 125 Å². The van der Waals surface area contributed by atoms with Crippen molar-refractivity contribution in [2.24, 2.45) is 5.92 Å². The Morgan fingerprint density at radius 2 is 0.672 bits per heavy atom. The fraction of sp³-hybridized carbons (Fsp3) is 0.281. The molecule has 0 spiro atoms. The van der Waals surface area contributed by atoms with Gasteiger partial charge in [0.2, 0.25) is 0 Å². The lowest BCUT2D eigenvalue weighted by atomic mass is 10.1. The van der Waals surface area contributed by atoms with Gasteiger partial charge in [-0.25, -0.2) is 29.9 Å². The van der Waals surface area contributed by atoms with Crippen LogP contribution in [0.1, 0.15) is 131 Å². The van der Waals surface area contributed by atoms with Gasteiger partial charge in [0.1, 0.15) is 14.6 Å². The molecule has 3 aliphatic rings. The van der Waals surface area contributed by atoms with Gasteiger partial charge in [-0.15, -0.1) is 0 Å². The zero-order chi connectivity index (χ0) is 96.9. The van der Waals surface area contributed by atoms with E-state index >= 15 is 0 Å². The van der Waals surface area contributed by atoms with E-state index in [-0.39, 0.29) is 57.4 Å². The van der Waals surface area contributed by atoms with E-state index in [1.54, 1.807) is 126 Å². The van der Waals surface area contributed by atoms with Crippen molar-refractivity contribution in [3.63, 3.8) is 0 Å². The Hall–Kier alpha value is -9.95. The Balaban J connectivity index is 0.000000119. The summed E-state index contributed by atoms with van der Waals surface area (Å²) in [6.45, 7) is 12.5. The predicted octanol–water partition coefficient (Wildman–Crippen LogP) is 18.9. The van der Waals surface area contributed by atoms with Gasteiger partial charge in [-0.1, -0.05) is 210 Å². The molecule has 137 heavy (non-hydrogen) atoms. The number of nitrogens with zero attached hydrogens (tertiary/aromatic N) is 16. The van der Waals surface area contributed by atoms with E-state index in [9.17, 15) is 60.3 Å². The average Bonchev–Trinajstić information content (AvgIpc) is 1.56. The largest absolute Gasteiger partial charge is 0.390 e. The van der Waals surface area contributed by atoms with Gasteiger partial charge in [0, 0.05) is 154 Å². The summed E-state index contributed by atoms with van der Waals surface area (Å²) in [5.41, 5.74) is 13.0. The van der Waals surface area contributed by atoms with Crippen LogP contribution in [0.5, 0.6) is 0 Å². The van der Waals surface area contributed by atoms with Crippen LogP contribution < -0.4 is 0 Å². The summed E-state index contributed by atoms with van der Waals surface area (Å²) in [5, 5.41) is 92.4. The third kappa shape index (κ3) is 22.3. The van der Waals surface area contributed by atoms with Crippen molar-refractivity contribution < 1.29 is 65.1 Å². The summed E-state index contributed by atoms with van der Waals surface area (Å²) >= 11 is 43.8. The minimum absolute atomic E-state index is 0.0178. The number of carbonyl (C=O) groups excluding carboxylic acids is 3. The van der Waals surface area contributed by atoms with E-state index in [2.05, 4.69) is 41.9 Å². The van der Waals surface area contributed by atoms with E-state index in [4.69, 9.17) is 74.3 Å². The molecule has 12 aromatic heterocycles. The van der Waals surface area contributed by atoms with E-state index in [1.165, 1.54) is 68.0 Å². The first-order chi connectivity index (χ1) is 65.9. The fourth-order valence-electron chi connectivity index (χ4n) is 15.3. The molecule has 714 valence electrons. The summed E-state index contributed by atoms with van der Waals surface area (Å²) in [5.74, 6) is 0.359. The number of hydrogen-bond donors (Lipinski definition) is 9. The van der Waals surface area contributed by atoms with E-state index in [0.29, 0.717) is 144 Å². The van der Waals surface area contributed by atoms with Crippen LogP contribution in [0.4, 0.5) is 0 Å². The zero-order valence-electron chi connectivity index (χ0n) is 74.6. The second-order valence-corrected chi connectivity index (χ2v) is 41.6. The molecule has 2 saturated heterocycles. The molecule has 9 N–H and O–H groups in total. The Morgan fingerprint density at radius 1 is 0.401 bits per heavy atom. The van der Waals surface area contributed by atoms with Gasteiger partial charge in [0.25, 0.3) is 17.7 Å². The summed E-state index contributed by atoms with van der Waals surface area (Å²) < 4.78 is 16.2. The number of fused-ring (bicyclic) bond motifs is 6. The number of halogens is 6. The summed E-state index contributed by atoms with van der Waals surface area (Å²) in [4.78, 5) is 81.6. The number of benzene rings is 6. The third-order valence-electron chi connectivity index (χ3n) is 23.1. The minimum Gasteiger partial charge on any atom is -0.390 e. The number of morpholine rings is 1. The Bertz CT molecular complexity index is 7280. The highest BCUT2D eigenvalue weighted by Crippen LogP contribution is 2.45. The molecule has 2 unspecified atom stereocenters. The minimum atomic E-state index is -0.918. The van der Waals surface area contributed by atoms with Crippen LogP contribution in [-0.2, 0) is 50.0 Å². The first-order valence-electron chi connectivity index (χ1n) is 43.4. The number of thiazole rings is 6. The molecule has 3 fully saturated rings. The number of hydrogen-bond acceptors (Lipinski definition) is 26. The molecule has 1 aliphatic carbocycles. The second-order valence-electron chi connectivity index (χ2n) is 32.8. The Morgan fingerprint density at radius 3 is 0.971 bits per heavy atom. The number of ether oxygens (including phenoxy) is 1. The van der Waals surface area contributed by atoms with Gasteiger partial charge >= 0.3 is 0 Å². The van der Waals surface area contributed by atoms with E-state index < -0.39 is 17.8 Å². The topological polar surface area (TPSA) is 359 Å². The molecule has 14 heterocycles. The number of aromatic nitrogens is 12. The first-order valence-corrected chi connectivity index (χ1v) is 50.6. The maximum absolute atomic E-state index is 12.8. The van der Waals surface area contributed by atoms with Gasteiger partial charge < -0.3 is 70.3 Å². The van der Waals surface area contributed by atoms with Crippen LogP contribution in [-0.4, -0.2) is 213 Å². The maximum atomic E-state index is 12.8. The average molecular weight is 2090 g/mol. The van der Waals surface area contributed by atoms with Crippen LogP contribution in [0.2, 0.25) is 30.1 Å². The standard InChI is InChI=1S/C18H19ClN4O2S.C17H16ClN3O3S.C16H16ClN3O2S.C16H15ClN2O2S.C15H15ClN2O2S.C14H13ClN2O2S/c1-21-6-8-22(9-7-21)17(25)15-10-23-14(11-24)16(20-18(23)26-15)12-2-4-13(19)5-3-12;18-12-3-1-11(2-4-12)15-13(10-22)21-9-14(25-17(21)19-15)16(23)20-5-7-24-8-6-20;1-3-19(2)15(22)13-8-20-12(9-21)14(18-16(20)23-13)10-4-6-11(17)7-5-10;17-11-5-3-9(4-6-11)14-12(8-20)19-7-13(22-16(19)18-14)15(21)10-1-2-10;1-15(2,20)12-7-18-11(8-19)13(17-14(18)21-12)9-3-5-10(16)6-4-9;1-8(19)12-6-17-11(7-18)13(16-14(17)20-12)9-2-4-10(15)5-3-9/h2-5,10,24H,6-9,11H2,1H3;1-4,9,22H,5-8,10H2;4-8,21H,3,9H2,1-2H3;3-7,10,15,20-21H,1-2,8H2;3-7,19-20H,8H2,1-2H3;2-6,8,18-19H,7H2,1H3. The number of amides is 3. The highest BCUT2D eigenvalue weighted by atomic mass is 35.5. The van der Waals surface area contributed by atoms with Crippen molar-refractivity contribution in [1.29, 1.82) is 0 Å². The predicted molar refractivity (Wildman–Crippen MR) is 543 cm³/mol. The Kier molecular flexibility index (Phi) is 32.0. The van der Waals surface area contributed by atoms with Crippen molar-refractivity contribution in [2.45, 2.75) is 98.0 Å². The number of imidazole rings is 6. The monoisotopic (exact) mass is 2080 g/mol. The molecule has 6 aromatic carbocycles. The van der Waals surface area contributed by atoms with Crippen molar-refractivity contribution in [1.82, 2.24) is 75.9 Å². The van der Waals surface area contributed by atoms with Gasteiger partial charge in [-0.2, -0.15) is 0 Å². The summed E-state index contributed by atoms with van der Waals surface area (Å²) in [6.07, 6.45) is 12.1. The number of rotatable bonds is 20. The van der Waals surface area contributed by atoms with Crippen molar-refractivity contribution >= 4 is 185 Å². The van der Waals surface area contributed by atoms with Gasteiger partial charge in [0.15, 0.2) is 29.8 Å². The highest BCUT2D eigenvalue weighted by molar-refractivity contribution is 7.20. The van der Waals surface area contributed by atoms with Crippen molar-refractivity contribution in [3.8, 4) is 67.5 Å². The lowest BCUT2D eigenvalue weighted by molar-refractivity contribution is 0.0306. The third-order valence-corrected chi connectivity index (χ3v) is 31.0. The van der Waals surface area contributed by atoms with Crippen LogP contribution in [0.3, 0.4) is 0 Å². The molecule has 18 aromatic rings. The number of aliphatic hydroxyl groups excluding tert-OH is 8. The van der Waals surface area contributed by atoms with Crippen LogP contribution in [0, 0.1) is 5.92 Å². The van der Waals surface area contributed by atoms with Crippen LogP contribution in [0.25, 0.3) is 97.3 Å². The lowest BCUT2D eigenvalue weighted by Gasteiger charge is -2.32. The fourth-order valence-corrected chi connectivity index (χ4v) is 22.0. The molecule has 3 amide bonds. The smallest absolute Gasteiger partial charge is 0.265 e. The summed E-state index contributed by atoms with van der Waals surface area (Å²) in [7, 11) is 3.82. The van der Waals surface area contributed by atoms with Crippen LogP contribution >= 0.6 is 138 Å². The number of likely N-dealkylation sites (N-methyl/N-ethyl adjacent to an activating group) is 1. The van der Waals surface area contributed by atoms with E-state index in [1.807, 2.05) is 133 Å². The molecule has 1 saturated carbocycles. The molecule has 0 bridgehead atoms. The molecular weight excluding hydrogens is 1990 g/mol. The molecule has 2 aliphatic heterocycles. The molecule has 41 heteroatoms. The molecule has 29 nitrogen and oxygen atoms in total. The first kappa shape index (κ1) is 100. The van der Waals surface area contributed by atoms with Crippen molar-refractivity contribution in [3.05, 3.63) is 276 Å². The van der Waals surface area contributed by atoms with Gasteiger partial charge in [-0.3, -0.25) is 40.8 Å². The normalized spacial score (nSPS) is 14.0. The van der Waals surface area contributed by atoms with Gasteiger partial charge in [-0.05, 0) is 126 Å².